The number of rotatable bonds is 22. The molecule has 0 bridgehead atoms. The lowest BCUT2D eigenvalue weighted by Gasteiger charge is -2.03. The SMILES string of the molecule is C=CCOC(=O)C=CCCCCCCCCCCCCCCCCCCCC. The van der Waals surface area contributed by atoms with Gasteiger partial charge in [0.25, 0.3) is 0 Å². The maximum atomic E-state index is 11.2. The Bertz CT molecular complexity index is 359. The molecular formula is C26H48O2. The lowest BCUT2D eigenvalue weighted by Crippen LogP contribution is -1.99. The van der Waals surface area contributed by atoms with Crippen LogP contribution in [0, 0.1) is 0 Å². The fourth-order valence-corrected chi connectivity index (χ4v) is 3.53. The molecule has 0 aromatic carbocycles. The zero-order valence-electron chi connectivity index (χ0n) is 18.9. The van der Waals surface area contributed by atoms with Crippen molar-refractivity contribution >= 4 is 5.97 Å². The molecule has 0 unspecified atom stereocenters. The monoisotopic (exact) mass is 392 g/mol. The first kappa shape index (κ1) is 27.0. The van der Waals surface area contributed by atoms with E-state index >= 15 is 0 Å². The third kappa shape index (κ3) is 23.0. The number of unbranched alkanes of at least 4 members (excludes halogenated alkanes) is 18. The molecule has 0 heterocycles. The standard InChI is InChI=1S/C26H48O2/c1-3-5-6-7-8-9-10-11-12-13-14-15-16-17-18-19-20-21-22-23-24-26(27)28-25-4-2/h4,23-24H,2-3,5-22,25H2,1H3. The second kappa shape index (κ2) is 24.0. The van der Waals surface area contributed by atoms with Crippen LogP contribution in [0.15, 0.2) is 24.8 Å². The molecule has 0 aliphatic carbocycles. The normalized spacial score (nSPS) is 11.2. The number of ether oxygens (including phenoxy) is 1. The molecule has 0 radical (unpaired) electrons. The largest absolute Gasteiger partial charge is 0.458 e. The van der Waals surface area contributed by atoms with Crippen LogP contribution >= 0.6 is 0 Å². The van der Waals surface area contributed by atoms with Gasteiger partial charge in [-0.2, -0.15) is 0 Å². The fraction of sp³-hybridized carbons (Fsp3) is 0.808. The summed E-state index contributed by atoms with van der Waals surface area (Å²) in [4.78, 5) is 11.2. The Balaban J connectivity index is 3.11. The van der Waals surface area contributed by atoms with Crippen molar-refractivity contribution in [2.24, 2.45) is 0 Å². The van der Waals surface area contributed by atoms with Crippen molar-refractivity contribution in [2.45, 2.75) is 129 Å². The quantitative estimate of drug-likeness (QED) is 0.0796. The zero-order valence-corrected chi connectivity index (χ0v) is 18.9. The molecule has 2 nitrogen and oxygen atoms in total. The number of hydrogen-bond donors (Lipinski definition) is 0. The number of esters is 1. The van der Waals surface area contributed by atoms with Crippen LogP contribution in [0.1, 0.15) is 129 Å². The zero-order chi connectivity index (χ0) is 20.5. The molecule has 0 fully saturated rings. The van der Waals surface area contributed by atoms with Crippen molar-refractivity contribution in [1.29, 1.82) is 0 Å². The maximum Gasteiger partial charge on any atom is 0.330 e. The van der Waals surface area contributed by atoms with E-state index in [-0.39, 0.29) is 5.97 Å². The van der Waals surface area contributed by atoms with Gasteiger partial charge in [-0.15, -0.1) is 0 Å². The van der Waals surface area contributed by atoms with Gasteiger partial charge in [0.1, 0.15) is 6.61 Å². The molecule has 0 spiro atoms. The van der Waals surface area contributed by atoms with Gasteiger partial charge < -0.3 is 4.74 Å². The molecule has 0 saturated heterocycles. The minimum absolute atomic E-state index is 0.262. The first-order valence-electron chi connectivity index (χ1n) is 12.3. The van der Waals surface area contributed by atoms with Crippen LogP contribution in [-0.4, -0.2) is 12.6 Å². The fourth-order valence-electron chi connectivity index (χ4n) is 3.53. The van der Waals surface area contributed by atoms with Crippen LogP contribution in [0.3, 0.4) is 0 Å². The predicted molar refractivity (Wildman–Crippen MR) is 124 cm³/mol. The van der Waals surface area contributed by atoms with E-state index in [1.54, 1.807) is 6.08 Å². The summed E-state index contributed by atoms with van der Waals surface area (Å²) in [7, 11) is 0. The van der Waals surface area contributed by atoms with Crippen molar-refractivity contribution in [3.8, 4) is 0 Å². The van der Waals surface area contributed by atoms with E-state index in [1.807, 2.05) is 6.08 Å². The Labute approximate surface area is 176 Å². The average molecular weight is 393 g/mol. The van der Waals surface area contributed by atoms with Crippen molar-refractivity contribution in [3.05, 3.63) is 24.8 Å². The van der Waals surface area contributed by atoms with E-state index in [2.05, 4.69) is 13.5 Å². The molecule has 0 N–H and O–H groups in total. The molecule has 0 atom stereocenters. The number of carbonyl (C=O) groups is 1. The molecule has 0 amide bonds. The highest BCUT2D eigenvalue weighted by Crippen LogP contribution is 2.14. The van der Waals surface area contributed by atoms with Crippen molar-refractivity contribution in [3.63, 3.8) is 0 Å². The van der Waals surface area contributed by atoms with Gasteiger partial charge in [0.2, 0.25) is 0 Å². The third-order valence-electron chi connectivity index (χ3n) is 5.32. The van der Waals surface area contributed by atoms with Gasteiger partial charge in [0.15, 0.2) is 0 Å². The lowest BCUT2D eigenvalue weighted by molar-refractivity contribution is -0.136. The van der Waals surface area contributed by atoms with Crippen LogP contribution in [0.5, 0.6) is 0 Å². The van der Waals surface area contributed by atoms with Gasteiger partial charge in [0.05, 0.1) is 0 Å². The van der Waals surface area contributed by atoms with Gasteiger partial charge in [-0.05, 0) is 12.8 Å². The van der Waals surface area contributed by atoms with Gasteiger partial charge >= 0.3 is 5.97 Å². The van der Waals surface area contributed by atoms with E-state index in [4.69, 9.17) is 4.74 Å². The summed E-state index contributed by atoms with van der Waals surface area (Å²) < 4.78 is 4.89. The Hall–Kier alpha value is -1.05. The minimum Gasteiger partial charge on any atom is -0.458 e. The molecule has 0 rings (SSSR count). The highest BCUT2D eigenvalue weighted by atomic mass is 16.5. The highest BCUT2D eigenvalue weighted by molar-refractivity contribution is 5.81. The van der Waals surface area contributed by atoms with E-state index in [9.17, 15) is 4.79 Å². The van der Waals surface area contributed by atoms with Crippen LogP contribution in [-0.2, 0) is 9.53 Å². The Morgan fingerprint density at radius 3 is 1.46 bits per heavy atom. The van der Waals surface area contributed by atoms with Gasteiger partial charge in [-0.1, -0.05) is 135 Å². The molecule has 0 saturated carbocycles. The Kier molecular flexibility index (Phi) is 23.1. The summed E-state index contributed by atoms with van der Waals surface area (Å²) in [6.07, 6.45) is 31.2. The molecule has 0 aliphatic rings. The second-order valence-corrected chi connectivity index (χ2v) is 8.12. The summed E-state index contributed by atoms with van der Waals surface area (Å²) in [6, 6.07) is 0. The summed E-state index contributed by atoms with van der Waals surface area (Å²) in [5.41, 5.74) is 0. The molecule has 0 aliphatic heterocycles. The molecule has 2 heteroatoms. The van der Waals surface area contributed by atoms with Crippen molar-refractivity contribution < 1.29 is 9.53 Å². The predicted octanol–water partition coefficient (Wildman–Crippen LogP) is 8.70. The van der Waals surface area contributed by atoms with Crippen LogP contribution < -0.4 is 0 Å². The van der Waals surface area contributed by atoms with Gasteiger partial charge in [-0.3, -0.25) is 0 Å². The number of allylic oxidation sites excluding steroid dienone is 1. The smallest absolute Gasteiger partial charge is 0.330 e. The van der Waals surface area contributed by atoms with Gasteiger partial charge in [-0.25, -0.2) is 4.79 Å². The Morgan fingerprint density at radius 2 is 1.07 bits per heavy atom. The highest BCUT2D eigenvalue weighted by Gasteiger charge is 1.96. The van der Waals surface area contributed by atoms with Crippen LogP contribution in [0.25, 0.3) is 0 Å². The minimum atomic E-state index is -0.262. The van der Waals surface area contributed by atoms with Gasteiger partial charge in [0, 0.05) is 6.08 Å². The first-order chi connectivity index (χ1) is 13.8. The molecular weight excluding hydrogens is 344 g/mol. The first-order valence-corrected chi connectivity index (χ1v) is 12.3. The maximum absolute atomic E-state index is 11.2. The van der Waals surface area contributed by atoms with Crippen molar-refractivity contribution in [1.82, 2.24) is 0 Å². The molecule has 164 valence electrons. The second-order valence-electron chi connectivity index (χ2n) is 8.12. The lowest BCUT2D eigenvalue weighted by atomic mass is 10.0. The summed E-state index contributed by atoms with van der Waals surface area (Å²) in [5.74, 6) is -0.262. The van der Waals surface area contributed by atoms with Crippen molar-refractivity contribution in [2.75, 3.05) is 6.61 Å². The van der Waals surface area contributed by atoms with Crippen LogP contribution in [0.4, 0.5) is 0 Å². The third-order valence-corrected chi connectivity index (χ3v) is 5.32. The number of carbonyl (C=O) groups excluding carboxylic acids is 1. The summed E-state index contributed by atoms with van der Waals surface area (Å²) in [6.45, 7) is 6.10. The van der Waals surface area contributed by atoms with Crippen LogP contribution in [0.2, 0.25) is 0 Å². The topological polar surface area (TPSA) is 26.3 Å². The Morgan fingerprint density at radius 1 is 0.679 bits per heavy atom. The molecule has 0 aromatic rings. The average Bonchev–Trinajstić information content (AvgIpc) is 2.70. The molecule has 28 heavy (non-hydrogen) atoms. The summed E-state index contributed by atoms with van der Waals surface area (Å²) in [5, 5.41) is 0. The molecule has 0 aromatic heterocycles. The van der Waals surface area contributed by atoms with E-state index < -0.39 is 0 Å². The summed E-state index contributed by atoms with van der Waals surface area (Å²) >= 11 is 0. The van der Waals surface area contributed by atoms with E-state index in [0.717, 1.165) is 6.42 Å². The van der Waals surface area contributed by atoms with E-state index in [0.29, 0.717) is 6.61 Å². The number of hydrogen-bond acceptors (Lipinski definition) is 2. The van der Waals surface area contributed by atoms with E-state index in [1.165, 1.54) is 122 Å².